The van der Waals surface area contributed by atoms with Crippen molar-refractivity contribution in [2.45, 2.75) is 20.0 Å². The summed E-state index contributed by atoms with van der Waals surface area (Å²) >= 11 is 5.97. The van der Waals surface area contributed by atoms with Crippen molar-refractivity contribution in [3.05, 3.63) is 58.2 Å². The predicted molar refractivity (Wildman–Crippen MR) is 96.5 cm³/mol. The van der Waals surface area contributed by atoms with Gasteiger partial charge in [-0.25, -0.2) is 4.98 Å². The molecule has 2 rings (SSSR count). The Morgan fingerprint density at radius 2 is 2.00 bits per heavy atom. The highest BCUT2D eigenvalue weighted by Crippen LogP contribution is 2.19. The summed E-state index contributed by atoms with van der Waals surface area (Å²) < 4.78 is 0. The van der Waals surface area contributed by atoms with Gasteiger partial charge in [0.05, 0.1) is 12.6 Å². The maximum absolute atomic E-state index is 12.7. The maximum Gasteiger partial charge on any atom is 0.254 e. The summed E-state index contributed by atoms with van der Waals surface area (Å²) in [6.45, 7) is 4.57. The van der Waals surface area contributed by atoms with Crippen molar-refractivity contribution in [3.8, 4) is 0 Å². The number of likely N-dealkylation sites (N-methyl/N-ethyl adjacent to an activating group) is 1. The fourth-order valence-corrected chi connectivity index (χ4v) is 2.60. The average molecular weight is 348 g/mol. The number of amides is 1. The zero-order valence-corrected chi connectivity index (χ0v) is 14.8. The second-order valence-electron chi connectivity index (χ2n) is 5.58. The zero-order valence-electron chi connectivity index (χ0n) is 14.1. The van der Waals surface area contributed by atoms with Crippen LogP contribution in [0.15, 0.2) is 36.4 Å². The zero-order chi connectivity index (χ0) is 17.7. The van der Waals surface area contributed by atoms with Gasteiger partial charge in [-0.15, -0.1) is 0 Å². The molecule has 1 aromatic carbocycles. The van der Waals surface area contributed by atoms with E-state index in [0.717, 1.165) is 11.1 Å². The molecule has 0 saturated carbocycles. The number of pyridine rings is 1. The summed E-state index contributed by atoms with van der Waals surface area (Å²) in [6.07, 6.45) is -0.740. The fraction of sp³-hybridized carbons (Fsp3) is 0.333. The van der Waals surface area contributed by atoms with E-state index in [1.54, 1.807) is 18.0 Å². The van der Waals surface area contributed by atoms with Crippen molar-refractivity contribution in [3.63, 3.8) is 0 Å². The van der Waals surface area contributed by atoms with E-state index in [0.29, 0.717) is 17.9 Å². The number of rotatable bonds is 6. The van der Waals surface area contributed by atoms with Crippen LogP contribution in [-0.2, 0) is 0 Å². The quantitative estimate of drug-likeness (QED) is 0.787. The molecule has 0 aliphatic heterocycles. The first-order chi connectivity index (χ1) is 11.4. The molecule has 128 valence electrons. The topological polar surface area (TPSA) is 65.5 Å². The van der Waals surface area contributed by atoms with E-state index in [9.17, 15) is 9.90 Å². The van der Waals surface area contributed by atoms with Gasteiger partial charge in [-0.3, -0.25) is 4.79 Å². The number of anilines is 1. The van der Waals surface area contributed by atoms with Crippen LogP contribution in [0.3, 0.4) is 0 Å². The molecule has 0 bridgehead atoms. The van der Waals surface area contributed by atoms with E-state index in [1.165, 1.54) is 6.07 Å². The molecule has 0 aliphatic rings. The third-order valence-corrected chi connectivity index (χ3v) is 4.02. The number of aryl methyl sites for hydroxylation is 1. The summed E-state index contributed by atoms with van der Waals surface area (Å²) in [7, 11) is 1.71. The molecule has 0 aliphatic carbocycles. The standard InChI is InChI=1S/C18H22ClN3O2/c1-4-22(11-15(23)13-7-5-12(2)6-8-13)18(24)14-9-16(19)21-17(10-14)20-3/h5-10,15,23H,4,11H2,1-3H3,(H,20,21). The SMILES string of the molecule is CCN(CC(O)c1ccc(C)cc1)C(=O)c1cc(Cl)nc(NC)c1. The number of hydrogen-bond acceptors (Lipinski definition) is 4. The summed E-state index contributed by atoms with van der Waals surface area (Å²) in [5, 5.41) is 13.5. The third kappa shape index (κ3) is 4.46. The minimum atomic E-state index is -0.740. The van der Waals surface area contributed by atoms with Gasteiger partial charge < -0.3 is 15.3 Å². The van der Waals surface area contributed by atoms with Gasteiger partial charge in [-0.05, 0) is 31.5 Å². The van der Waals surface area contributed by atoms with Crippen LogP contribution in [0, 0.1) is 6.92 Å². The number of carbonyl (C=O) groups is 1. The normalized spacial score (nSPS) is 11.9. The summed E-state index contributed by atoms with van der Waals surface area (Å²) in [5.74, 6) is 0.338. The molecule has 1 amide bonds. The van der Waals surface area contributed by atoms with Gasteiger partial charge >= 0.3 is 0 Å². The van der Waals surface area contributed by atoms with E-state index in [-0.39, 0.29) is 17.6 Å². The Kier molecular flexibility index (Phi) is 6.17. The van der Waals surface area contributed by atoms with Crippen LogP contribution < -0.4 is 5.32 Å². The molecule has 1 heterocycles. The maximum atomic E-state index is 12.7. The number of nitrogens with one attached hydrogen (secondary N) is 1. The first-order valence-corrected chi connectivity index (χ1v) is 8.21. The predicted octanol–water partition coefficient (Wildman–Crippen LogP) is 3.28. The number of benzene rings is 1. The molecule has 0 fully saturated rings. The van der Waals surface area contributed by atoms with Gasteiger partial charge in [-0.2, -0.15) is 0 Å². The molecule has 24 heavy (non-hydrogen) atoms. The van der Waals surface area contributed by atoms with E-state index in [4.69, 9.17) is 11.6 Å². The van der Waals surface area contributed by atoms with E-state index < -0.39 is 6.10 Å². The highest BCUT2D eigenvalue weighted by molar-refractivity contribution is 6.29. The van der Waals surface area contributed by atoms with Gasteiger partial charge in [0.15, 0.2) is 0 Å². The highest BCUT2D eigenvalue weighted by Gasteiger charge is 2.20. The molecule has 6 heteroatoms. The lowest BCUT2D eigenvalue weighted by molar-refractivity contribution is 0.0635. The average Bonchev–Trinajstić information content (AvgIpc) is 2.58. The number of halogens is 1. The molecular weight excluding hydrogens is 326 g/mol. The van der Waals surface area contributed by atoms with Crippen molar-refractivity contribution in [1.82, 2.24) is 9.88 Å². The Labute approximate surface area is 147 Å². The van der Waals surface area contributed by atoms with Crippen LogP contribution in [-0.4, -0.2) is 41.0 Å². The van der Waals surface area contributed by atoms with Crippen molar-refractivity contribution in [2.75, 3.05) is 25.5 Å². The Bertz CT molecular complexity index is 704. The van der Waals surface area contributed by atoms with Gasteiger partial charge in [-0.1, -0.05) is 41.4 Å². The Morgan fingerprint density at radius 1 is 1.33 bits per heavy atom. The van der Waals surface area contributed by atoms with Gasteiger partial charge in [0.25, 0.3) is 5.91 Å². The van der Waals surface area contributed by atoms with Crippen molar-refractivity contribution in [1.29, 1.82) is 0 Å². The summed E-state index contributed by atoms with van der Waals surface area (Å²) in [6, 6.07) is 10.8. The fourth-order valence-electron chi connectivity index (χ4n) is 2.39. The van der Waals surface area contributed by atoms with Crippen molar-refractivity contribution in [2.24, 2.45) is 0 Å². The number of aromatic nitrogens is 1. The molecule has 0 radical (unpaired) electrons. The minimum absolute atomic E-state index is 0.190. The lowest BCUT2D eigenvalue weighted by Crippen LogP contribution is -2.34. The van der Waals surface area contributed by atoms with Crippen LogP contribution >= 0.6 is 11.6 Å². The van der Waals surface area contributed by atoms with Crippen LogP contribution in [0.1, 0.15) is 34.5 Å². The second kappa shape index (κ2) is 8.13. The molecule has 0 saturated heterocycles. The van der Waals surface area contributed by atoms with Crippen molar-refractivity contribution < 1.29 is 9.90 Å². The van der Waals surface area contributed by atoms with Gasteiger partial charge in [0.2, 0.25) is 0 Å². The summed E-state index contributed by atoms with van der Waals surface area (Å²) in [5.41, 5.74) is 2.35. The first-order valence-electron chi connectivity index (χ1n) is 7.83. The smallest absolute Gasteiger partial charge is 0.254 e. The molecule has 0 spiro atoms. The third-order valence-electron chi connectivity index (χ3n) is 3.82. The van der Waals surface area contributed by atoms with Gasteiger partial charge in [0.1, 0.15) is 11.0 Å². The largest absolute Gasteiger partial charge is 0.387 e. The first kappa shape index (κ1) is 18.2. The van der Waals surface area contributed by atoms with Gasteiger partial charge in [0, 0.05) is 19.2 Å². The molecule has 1 aromatic heterocycles. The van der Waals surface area contributed by atoms with E-state index in [2.05, 4.69) is 10.3 Å². The highest BCUT2D eigenvalue weighted by atomic mass is 35.5. The Morgan fingerprint density at radius 3 is 2.58 bits per heavy atom. The molecule has 1 unspecified atom stereocenters. The second-order valence-corrected chi connectivity index (χ2v) is 5.97. The Hall–Kier alpha value is -2.11. The van der Waals surface area contributed by atoms with E-state index >= 15 is 0 Å². The van der Waals surface area contributed by atoms with Crippen LogP contribution in [0.2, 0.25) is 5.15 Å². The number of nitrogens with zero attached hydrogens (tertiary/aromatic N) is 2. The van der Waals surface area contributed by atoms with Crippen LogP contribution in [0.5, 0.6) is 0 Å². The molecule has 5 nitrogen and oxygen atoms in total. The molecular formula is C18H22ClN3O2. The number of carbonyl (C=O) groups excluding carboxylic acids is 1. The van der Waals surface area contributed by atoms with E-state index in [1.807, 2.05) is 38.1 Å². The monoisotopic (exact) mass is 347 g/mol. The number of aliphatic hydroxyl groups is 1. The van der Waals surface area contributed by atoms with Crippen LogP contribution in [0.25, 0.3) is 0 Å². The van der Waals surface area contributed by atoms with Crippen molar-refractivity contribution >= 4 is 23.3 Å². The number of hydrogen-bond donors (Lipinski definition) is 2. The number of aliphatic hydroxyl groups excluding tert-OH is 1. The lowest BCUT2D eigenvalue weighted by atomic mass is 10.1. The van der Waals surface area contributed by atoms with Crippen LogP contribution in [0.4, 0.5) is 5.82 Å². The minimum Gasteiger partial charge on any atom is -0.387 e. The lowest BCUT2D eigenvalue weighted by Gasteiger charge is -2.24. The molecule has 2 N–H and O–H groups in total. The summed E-state index contributed by atoms with van der Waals surface area (Å²) in [4.78, 5) is 18.4. The Balaban J connectivity index is 2.16. The molecule has 1 atom stereocenters. The molecule has 2 aromatic rings.